The fourth-order valence-electron chi connectivity index (χ4n) is 2.02. The van der Waals surface area contributed by atoms with Gasteiger partial charge in [0.1, 0.15) is 5.65 Å². The topological polar surface area (TPSA) is 34.4 Å². The summed E-state index contributed by atoms with van der Waals surface area (Å²) in [4.78, 5) is 16.6. The van der Waals surface area contributed by atoms with Gasteiger partial charge in [-0.2, -0.15) is 0 Å². The molecule has 0 amide bonds. The molecule has 0 bridgehead atoms. The molecule has 0 saturated carbocycles. The third-order valence-electron chi connectivity index (χ3n) is 2.96. The van der Waals surface area contributed by atoms with Crippen LogP contribution in [0.2, 0.25) is 0 Å². The summed E-state index contributed by atoms with van der Waals surface area (Å²) in [6, 6.07) is 15.1. The van der Waals surface area contributed by atoms with Crippen molar-refractivity contribution in [1.82, 2.24) is 9.38 Å². The zero-order chi connectivity index (χ0) is 12.5. The lowest BCUT2D eigenvalue weighted by Gasteiger charge is -2.06. The van der Waals surface area contributed by atoms with E-state index < -0.39 is 0 Å². The fraction of sp³-hybridized carbons (Fsp3) is 0.0667. The molecule has 0 fully saturated rings. The van der Waals surface area contributed by atoms with Crippen molar-refractivity contribution in [3.8, 4) is 11.3 Å². The molecular formula is C15H12N2O. The first kappa shape index (κ1) is 10.7. The molecule has 88 valence electrons. The van der Waals surface area contributed by atoms with E-state index in [1.54, 1.807) is 16.7 Å². The third-order valence-corrected chi connectivity index (χ3v) is 2.96. The highest BCUT2D eigenvalue weighted by Gasteiger charge is 2.05. The van der Waals surface area contributed by atoms with E-state index in [-0.39, 0.29) is 5.56 Å². The van der Waals surface area contributed by atoms with Crippen molar-refractivity contribution in [2.75, 3.05) is 0 Å². The number of rotatable bonds is 1. The van der Waals surface area contributed by atoms with Gasteiger partial charge in [-0.05, 0) is 18.6 Å². The molecule has 0 spiro atoms. The SMILES string of the molecule is Cc1cccn2c(=O)cc(-c3ccccc3)nc12. The van der Waals surface area contributed by atoms with E-state index >= 15 is 0 Å². The van der Waals surface area contributed by atoms with Crippen molar-refractivity contribution in [1.29, 1.82) is 0 Å². The van der Waals surface area contributed by atoms with E-state index in [1.165, 1.54) is 0 Å². The second kappa shape index (κ2) is 4.11. The summed E-state index contributed by atoms with van der Waals surface area (Å²) in [5.41, 5.74) is 3.33. The van der Waals surface area contributed by atoms with E-state index in [1.807, 2.05) is 49.4 Å². The summed E-state index contributed by atoms with van der Waals surface area (Å²) < 4.78 is 1.57. The molecule has 3 aromatic rings. The summed E-state index contributed by atoms with van der Waals surface area (Å²) in [6.45, 7) is 1.95. The second-order valence-corrected chi connectivity index (χ2v) is 4.23. The molecule has 0 N–H and O–H groups in total. The van der Waals surface area contributed by atoms with Gasteiger partial charge in [0.25, 0.3) is 5.56 Å². The van der Waals surface area contributed by atoms with Gasteiger partial charge in [-0.25, -0.2) is 4.98 Å². The molecule has 0 radical (unpaired) electrons. The van der Waals surface area contributed by atoms with Crippen LogP contribution in [0.25, 0.3) is 16.9 Å². The van der Waals surface area contributed by atoms with Crippen molar-refractivity contribution in [2.24, 2.45) is 0 Å². The van der Waals surface area contributed by atoms with Gasteiger partial charge < -0.3 is 0 Å². The monoisotopic (exact) mass is 236 g/mol. The van der Waals surface area contributed by atoms with Crippen LogP contribution in [0.1, 0.15) is 5.56 Å². The smallest absolute Gasteiger partial charge is 0.258 e. The number of nitrogens with zero attached hydrogens (tertiary/aromatic N) is 2. The Bertz CT molecular complexity index is 760. The van der Waals surface area contributed by atoms with Crippen LogP contribution in [0.5, 0.6) is 0 Å². The zero-order valence-electron chi connectivity index (χ0n) is 10.00. The lowest BCUT2D eigenvalue weighted by molar-refractivity contribution is 1.04. The average molecular weight is 236 g/mol. The van der Waals surface area contributed by atoms with E-state index in [2.05, 4.69) is 4.98 Å². The molecule has 18 heavy (non-hydrogen) atoms. The van der Waals surface area contributed by atoms with Crippen LogP contribution in [-0.2, 0) is 0 Å². The molecule has 0 aliphatic heterocycles. The van der Waals surface area contributed by atoms with Crippen LogP contribution >= 0.6 is 0 Å². The maximum Gasteiger partial charge on any atom is 0.258 e. The Morgan fingerprint density at radius 1 is 1.06 bits per heavy atom. The van der Waals surface area contributed by atoms with E-state index in [0.717, 1.165) is 16.8 Å². The van der Waals surface area contributed by atoms with Crippen molar-refractivity contribution in [3.63, 3.8) is 0 Å². The Kier molecular flexibility index (Phi) is 2.45. The highest BCUT2D eigenvalue weighted by molar-refractivity contribution is 5.62. The van der Waals surface area contributed by atoms with Crippen LogP contribution < -0.4 is 5.56 Å². The highest BCUT2D eigenvalue weighted by Crippen LogP contribution is 2.16. The van der Waals surface area contributed by atoms with Crippen LogP contribution in [0.3, 0.4) is 0 Å². The van der Waals surface area contributed by atoms with Crippen molar-refractivity contribution >= 4 is 5.65 Å². The second-order valence-electron chi connectivity index (χ2n) is 4.23. The fourth-order valence-corrected chi connectivity index (χ4v) is 2.02. The molecule has 3 heteroatoms. The standard InChI is InChI=1S/C15H12N2O/c1-11-6-5-9-17-14(18)10-13(16-15(11)17)12-7-3-2-4-8-12/h2-10H,1H3. The molecule has 3 nitrogen and oxygen atoms in total. The summed E-state index contributed by atoms with van der Waals surface area (Å²) in [6.07, 6.45) is 1.74. The summed E-state index contributed by atoms with van der Waals surface area (Å²) in [7, 11) is 0. The van der Waals surface area contributed by atoms with Gasteiger partial charge in [-0.3, -0.25) is 9.20 Å². The molecule has 1 aromatic carbocycles. The predicted molar refractivity (Wildman–Crippen MR) is 71.6 cm³/mol. The maximum absolute atomic E-state index is 12.0. The van der Waals surface area contributed by atoms with Crippen LogP contribution in [0.4, 0.5) is 0 Å². The lowest BCUT2D eigenvalue weighted by atomic mass is 10.1. The number of hydrogen-bond donors (Lipinski definition) is 0. The van der Waals surface area contributed by atoms with Crippen LogP contribution in [0.15, 0.2) is 59.5 Å². The van der Waals surface area contributed by atoms with Crippen LogP contribution in [0, 0.1) is 6.92 Å². The number of aromatic nitrogens is 2. The predicted octanol–water partition coefficient (Wildman–Crippen LogP) is 2.67. The summed E-state index contributed by atoms with van der Waals surface area (Å²) >= 11 is 0. The Morgan fingerprint density at radius 3 is 2.61 bits per heavy atom. The first-order valence-corrected chi connectivity index (χ1v) is 5.80. The van der Waals surface area contributed by atoms with Crippen molar-refractivity contribution < 1.29 is 0 Å². The quantitative estimate of drug-likeness (QED) is 0.651. The maximum atomic E-state index is 12.0. The Labute approximate surface area is 104 Å². The number of fused-ring (bicyclic) bond motifs is 1. The molecule has 0 aliphatic rings. The minimum absolute atomic E-state index is 0.0532. The molecular weight excluding hydrogens is 224 g/mol. The average Bonchev–Trinajstić information content (AvgIpc) is 2.41. The van der Waals surface area contributed by atoms with Gasteiger partial charge in [0.15, 0.2) is 0 Å². The normalized spacial score (nSPS) is 10.7. The lowest BCUT2D eigenvalue weighted by Crippen LogP contribution is -2.14. The first-order chi connectivity index (χ1) is 8.75. The third kappa shape index (κ3) is 1.70. The van der Waals surface area contributed by atoms with Gasteiger partial charge in [-0.15, -0.1) is 0 Å². The Morgan fingerprint density at radius 2 is 1.83 bits per heavy atom. The van der Waals surface area contributed by atoms with Gasteiger partial charge in [-0.1, -0.05) is 36.4 Å². The summed E-state index contributed by atoms with van der Waals surface area (Å²) in [5.74, 6) is 0. The summed E-state index contributed by atoms with van der Waals surface area (Å²) in [5, 5.41) is 0. The number of benzene rings is 1. The molecule has 0 aliphatic carbocycles. The van der Waals surface area contributed by atoms with Gasteiger partial charge in [0, 0.05) is 17.8 Å². The molecule has 0 atom stereocenters. The largest absolute Gasteiger partial charge is 0.269 e. The zero-order valence-corrected chi connectivity index (χ0v) is 10.00. The molecule has 2 heterocycles. The molecule has 3 rings (SSSR count). The minimum atomic E-state index is -0.0532. The Balaban J connectivity index is 2.34. The van der Waals surface area contributed by atoms with Gasteiger partial charge in [0.2, 0.25) is 0 Å². The van der Waals surface area contributed by atoms with E-state index in [0.29, 0.717) is 5.65 Å². The minimum Gasteiger partial charge on any atom is -0.269 e. The number of pyridine rings is 1. The van der Waals surface area contributed by atoms with E-state index in [4.69, 9.17) is 0 Å². The number of hydrogen-bond acceptors (Lipinski definition) is 2. The Hall–Kier alpha value is -2.42. The first-order valence-electron chi connectivity index (χ1n) is 5.80. The van der Waals surface area contributed by atoms with Gasteiger partial charge >= 0.3 is 0 Å². The van der Waals surface area contributed by atoms with Crippen LogP contribution in [-0.4, -0.2) is 9.38 Å². The van der Waals surface area contributed by atoms with E-state index in [9.17, 15) is 4.79 Å². The molecule has 0 unspecified atom stereocenters. The molecule has 0 saturated heterocycles. The molecule has 2 aromatic heterocycles. The van der Waals surface area contributed by atoms with Gasteiger partial charge in [0.05, 0.1) is 5.69 Å². The number of aryl methyl sites for hydroxylation is 1. The highest BCUT2D eigenvalue weighted by atomic mass is 16.1. The van der Waals surface area contributed by atoms with Crippen molar-refractivity contribution in [3.05, 3.63) is 70.6 Å². The van der Waals surface area contributed by atoms with Crippen molar-refractivity contribution in [2.45, 2.75) is 6.92 Å².